The number of hydrogen-bond acceptors (Lipinski definition) is 5. The van der Waals surface area contributed by atoms with Gasteiger partial charge in [-0.1, -0.05) is 18.2 Å². The number of nitrogens with one attached hydrogen (secondary N) is 1. The van der Waals surface area contributed by atoms with Crippen molar-refractivity contribution in [3.05, 3.63) is 64.4 Å². The molecule has 1 fully saturated rings. The number of pyridine rings is 1. The van der Waals surface area contributed by atoms with E-state index in [9.17, 15) is 14.7 Å². The van der Waals surface area contributed by atoms with Gasteiger partial charge >= 0.3 is 6.09 Å². The molecule has 1 aliphatic heterocycles. The summed E-state index contributed by atoms with van der Waals surface area (Å²) in [6.45, 7) is 8.09. The molecule has 210 valence electrons. The number of carboxylic acid groups (broad SMARTS) is 1. The molecule has 2 N–H and O–H groups in total. The molecule has 0 spiro atoms. The first-order valence-electron chi connectivity index (χ1n) is 13.9. The first kappa shape index (κ1) is 28.5. The van der Waals surface area contributed by atoms with Gasteiger partial charge in [-0.2, -0.15) is 0 Å². The Hall–Kier alpha value is -3.55. The number of allylic oxidation sites excluding steroid dienone is 2. The van der Waals surface area contributed by atoms with Gasteiger partial charge in [-0.3, -0.25) is 4.79 Å². The van der Waals surface area contributed by atoms with E-state index in [-0.39, 0.29) is 18.1 Å². The van der Waals surface area contributed by atoms with Crippen molar-refractivity contribution in [1.29, 1.82) is 0 Å². The molecule has 8 heteroatoms. The van der Waals surface area contributed by atoms with Crippen molar-refractivity contribution in [2.45, 2.75) is 96.9 Å². The minimum Gasteiger partial charge on any atom is -0.490 e. The second-order valence-corrected chi connectivity index (χ2v) is 11.5. The largest absolute Gasteiger partial charge is 0.490 e. The van der Waals surface area contributed by atoms with Gasteiger partial charge in [0, 0.05) is 40.5 Å². The highest BCUT2D eigenvalue weighted by Crippen LogP contribution is 2.33. The molecule has 2 heterocycles. The first-order chi connectivity index (χ1) is 18.6. The highest BCUT2D eigenvalue weighted by atomic mass is 16.5. The summed E-state index contributed by atoms with van der Waals surface area (Å²) in [5.41, 5.74) is 3.94. The van der Waals surface area contributed by atoms with Crippen LogP contribution < -0.4 is 14.8 Å². The van der Waals surface area contributed by atoms with Crippen molar-refractivity contribution in [1.82, 2.24) is 15.2 Å². The number of amides is 2. The number of aryl methyl sites for hydroxylation is 2. The van der Waals surface area contributed by atoms with Gasteiger partial charge in [0.1, 0.15) is 5.75 Å². The fraction of sp³-hybridized carbons (Fsp3) is 0.516. The predicted molar refractivity (Wildman–Crippen MR) is 151 cm³/mol. The molecular formula is C31H41N3O5. The number of fused-ring (bicyclic) bond motifs is 2. The van der Waals surface area contributed by atoms with Gasteiger partial charge in [0.05, 0.1) is 13.2 Å². The lowest BCUT2D eigenvalue weighted by Crippen LogP contribution is -2.52. The number of hydrogen-bond donors (Lipinski definition) is 2. The van der Waals surface area contributed by atoms with Crippen molar-refractivity contribution in [3.63, 3.8) is 0 Å². The van der Waals surface area contributed by atoms with Gasteiger partial charge in [0.2, 0.25) is 5.88 Å². The molecule has 2 aromatic rings. The van der Waals surface area contributed by atoms with Crippen molar-refractivity contribution < 1.29 is 24.2 Å². The van der Waals surface area contributed by atoms with Crippen LogP contribution in [0.1, 0.15) is 85.6 Å². The van der Waals surface area contributed by atoms with Crippen LogP contribution in [0.25, 0.3) is 0 Å². The molecule has 2 amide bonds. The van der Waals surface area contributed by atoms with Crippen LogP contribution >= 0.6 is 0 Å². The molecule has 1 aromatic carbocycles. The summed E-state index contributed by atoms with van der Waals surface area (Å²) in [7, 11) is 1.61. The normalized spacial score (nSPS) is 20.8. The van der Waals surface area contributed by atoms with Crippen LogP contribution in [0.5, 0.6) is 11.6 Å². The summed E-state index contributed by atoms with van der Waals surface area (Å²) in [6, 6.07) is 7.68. The lowest BCUT2D eigenvalue weighted by Gasteiger charge is -2.42. The maximum Gasteiger partial charge on any atom is 0.407 e. The second kappa shape index (κ2) is 12.1. The molecule has 0 bridgehead atoms. The van der Waals surface area contributed by atoms with E-state index >= 15 is 0 Å². The van der Waals surface area contributed by atoms with Crippen molar-refractivity contribution in [2.75, 3.05) is 7.11 Å². The van der Waals surface area contributed by atoms with E-state index in [0.29, 0.717) is 30.2 Å². The molecule has 0 radical (unpaired) electrons. The average Bonchev–Trinajstić information content (AvgIpc) is 2.87. The van der Waals surface area contributed by atoms with Crippen molar-refractivity contribution in [3.8, 4) is 11.6 Å². The van der Waals surface area contributed by atoms with Crippen LogP contribution in [0.2, 0.25) is 0 Å². The third kappa shape index (κ3) is 6.72. The summed E-state index contributed by atoms with van der Waals surface area (Å²) >= 11 is 0. The monoisotopic (exact) mass is 535 g/mol. The minimum absolute atomic E-state index is 0.0226. The predicted octanol–water partition coefficient (Wildman–Crippen LogP) is 5.84. The molecule has 0 saturated heterocycles. The molecule has 2 aliphatic rings. The number of rotatable bonds is 4. The van der Waals surface area contributed by atoms with E-state index in [4.69, 9.17) is 9.47 Å². The quantitative estimate of drug-likeness (QED) is 0.477. The van der Waals surface area contributed by atoms with Crippen LogP contribution in [-0.2, 0) is 19.4 Å². The van der Waals surface area contributed by atoms with E-state index in [0.717, 1.165) is 60.9 Å². The molecule has 4 rings (SSSR count). The third-order valence-electron chi connectivity index (χ3n) is 7.60. The van der Waals surface area contributed by atoms with Crippen LogP contribution in [0.3, 0.4) is 0 Å². The SMILES string of the molecule is COc1nc(C)cc2c1CNC(=O)c1cccc(OC3CCC(N(C(=O)O)C(C)(C)C)CC3)c1C/C=C\CC2. The number of benzene rings is 1. The summed E-state index contributed by atoms with van der Waals surface area (Å²) in [5.74, 6) is 1.10. The Balaban J connectivity index is 1.53. The van der Waals surface area contributed by atoms with E-state index < -0.39 is 11.6 Å². The third-order valence-corrected chi connectivity index (χ3v) is 7.60. The summed E-state index contributed by atoms with van der Waals surface area (Å²) in [5, 5.41) is 12.9. The van der Waals surface area contributed by atoms with Gasteiger partial charge in [-0.15, -0.1) is 0 Å². The topological polar surface area (TPSA) is 101 Å². The highest BCUT2D eigenvalue weighted by Gasteiger charge is 2.36. The van der Waals surface area contributed by atoms with Gasteiger partial charge in [-0.05, 0) is 96.4 Å². The van der Waals surface area contributed by atoms with Gasteiger partial charge in [-0.25, -0.2) is 9.78 Å². The molecule has 8 nitrogen and oxygen atoms in total. The zero-order valence-electron chi connectivity index (χ0n) is 23.8. The zero-order chi connectivity index (χ0) is 28.2. The summed E-state index contributed by atoms with van der Waals surface area (Å²) in [6.07, 6.45) is 8.68. The Bertz CT molecular complexity index is 1230. The van der Waals surface area contributed by atoms with Gasteiger partial charge < -0.3 is 24.8 Å². The lowest BCUT2D eigenvalue weighted by atomic mass is 9.89. The molecule has 1 aromatic heterocycles. The van der Waals surface area contributed by atoms with E-state index in [1.54, 1.807) is 12.0 Å². The molecule has 1 aliphatic carbocycles. The highest BCUT2D eigenvalue weighted by molar-refractivity contribution is 5.96. The fourth-order valence-electron chi connectivity index (χ4n) is 5.83. The summed E-state index contributed by atoms with van der Waals surface area (Å²) in [4.78, 5) is 31.4. The maximum atomic E-state index is 13.4. The Kier molecular flexibility index (Phi) is 8.83. The van der Waals surface area contributed by atoms with E-state index in [2.05, 4.69) is 28.5 Å². The minimum atomic E-state index is -0.876. The number of carbonyl (C=O) groups excluding carboxylic acids is 1. The van der Waals surface area contributed by atoms with E-state index in [1.807, 2.05) is 45.9 Å². The Morgan fingerprint density at radius 1 is 1.13 bits per heavy atom. The maximum absolute atomic E-state index is 13.4. The molecule has 39 heavy (non-hydrogen) atoms. The fourth-order valence-corrected chi connectivity index (χ4v) is 5.83. The summed E-state index contributed by atoms with van der Waals surface area (Å²) < 4.78 is 12.0. The lowest BCUT2D eigenvalue weighted by molar-refractivity contribution is 0.0366. The number of ether oxygens (including phenoxy) is 2. The Morgan fingerprint density at radius 3 is 2.54 bits per heavy atom. The Morgan fingerprint density at radius 2 is 1.87 bits per heavy atom. The van der Waals surface area contributed by atoms with Crippen LogP contribution in [0, 0.1) is 6.92 Å². The van der Waals surface area contributed by atoms with Gasteiger partial charge in [0.15, 0.2) is 0 Å². The van der Waals surface area contributed by atoms with Gasteiger partial charge in [0.25, 0.3) is 5.91 Å². The average molecular weight is 536 g/mol. The smallest absolute Gasteiger partial charge is 0.407 e. The molecule has 1 saturated carbocycles. The number of aromatic nitrogens is 1. The van der Waals surface area contributed by atoms with Crippen molar-refractivity contribution >= 4 is 12.0 Å². The van der Waals surface area contributed by atoms with Crippen LogP contribution in [0.15, 0.2) is 36.4 Å². The standard InChI is InChI=1S/C31H41N3O5/c1-20-18-21-10-7-6-8-11-24-25(28(35)32-19-26(21)29(33-20)38-5)12-9-13-27(24)39-23-16-14-22(15-17-23)34(30(36)37)31(2,3)4/h6,8-9,12-13,18,22-23H,7,10-11,14-17,19H2,1-5H3,(H,32,35)(H,36,37)/b8-6-. The van der Waals surface area contributed by atoms with E-state index in [1.165, 1.54) is 0 Å². The second-order valence-electron chi connectivity index (χ2n) is 11.5. The van der Waals surface area contributed by atoms with Crippen LogP contribution in [0.4, 0.5) is 4.79 Å². The molecule has 0 atom stereocenters. The number of carbonyl (C=O) groups is 2. The Labute approximate surface area is 231 Å². The number of nitrogens with zero attached hydrogens (tertiary/aromatic N) is 2. The molecular weight excluding hydrogens is 494 g/mol. The molecule has 0 unspecified atom stereocenters. The van der Waals surface area contributed by atoms with Crippen LogP contribution in [-0.4, -0.2) is 51.8 Å². The zero-order valence-corrected chi connectivity index (χ0v) is 23.8. The first-order valence-corrected chi connectivity index (χ1v) is 13.9. The number of methoxy groups -OCH3 is 1. The van der Waals surface area contributed by atoms with Crippen molar-refractivity contribution in [2.24, 2.45) is 0 Å².